The second-order valence-electron chi connectivity index (χ2n) is 5.50. The Morgan fingerprint density at radius 2 is 2.09 bits per heavy atom. The Labute approximate surface area is 143 Å². The lowest BCUT2D eigenvalue weighted by atomic mass is 10.2. The Bertz CT molecular complexity index is 667. The van der Waals surface area contributed by atoms with Crippen LogP contribution in [0.4, 0.5) is 0 Å². The van der Waals surface area contributed by atoms with E-state index in [1.165, 1.54) is 0 Å². The maximum Gasteiger partial charge on any atom is 0.255 e. The minimum absolute atomic E-state index is 0.0126. The average Bonchev–Trinajstić information content (AvgIpc) is 3.11. The van der Waals surface area contributed by atoms with Crippen LogP contribution in [0.15, 0.2) is 47.1 Å². The van der Waals surface area contributed by atoms with Gasteiger partial charge in [0.25, 0.3) is 5.91 Å². The summed E-state index contributed by atoms with van der Waals surface area (Å²) in [6, 6.07) is 11.2. The van der Waals surface area contributed by atoms with Crippen molar-refractivity contribution in [1.82, 2.24) is 15.2 Å². The van der Waals surface area contributed by atoms with Crippen LogP contribution in [0, 0.1) is 0 Å². The average molecular weight is 376 g/mol. The van der Waals surface area contributed by atoms with Gasteiger partial charge in [0.15, 0.2) is 0 Å². The van der Waals surface area contributed by atoms with Crippen molar-refractivity contribution in [3.63, 3.8) is 0 Å². The van der Waals surface area contributed by atoms with E-state index in [1.807, 2.05) is 31.3 Å². The van der Waals surface area contributed by atoms with E-state index in [9.17, 15) is 4.79 Å². The van der Waals surface area contributed by atoms with Crippen molar-refractivity contribution in [2.45, 2.75) is 12.5 Å². The Hall–Kier alpha value is -1.92. The molecule has 6 heteroatoms. The number of nitrogens with zero attached hydrogens (tertiary/aromatic N) is 2. The van der Waals surface area contributed by atoms with Crippen molar-refractivity contribution in [1.29, 1.82) is 0 Å². The van der Waals surface area contributed by atoms with Crippen molar-refractivity contribution >= 4 is 21.8 Å². The van der Waals surface area contributed by atoms with Gasteiger partial charge in [-0.2, -0.15) is 0 Å². The fourth-order valence-corrected chi connectivity index (χ4v) is 2.79. The number of carbonyl (C=O) groups is 1. The third-order valence-corrected chi connectivity index (χ3v) is 4.45. The second kappa shape index (κ2) is 7.10. The number of pyridine rings is 1. The zero-order valence-electron chi connectivity index (χ0n) is 12.8. The molecule has 1 aliphatic heterocycles. The lowest BCUT2D eigenvalue weighted by molar-refractivity contribution is 0.0743. The SMILES string of the molecule is CN(C(=O)c1ccc(Oc2ccc(Br)cc2)nc1)C1CCNC1. The smallest absolute Gasteiger partial charge is 0.255 e. The standard InChI is InChI=1S/C17H18BrN3O2/c1-21(14-8-9-19-11-14)17(22)12-2-7-16(20-10-12)23-15-5-3-13(18)4-6-15/h2-7,10,14,19H,8-9,11H2,1H3. The number of rotatable bonds is 4. The highest BCUT2D eigenvalue weighted by Gasteiger charge is 2.24. The molecule has 0 spiro atoms. The fraction of sp³-hybridized carbons (Fsp3) is 0.294. The number of benzene rings is 1. The highest BCUT2D eigenvalue weighted by Crippen LogP contribution is 2.22. The highest BCUT2D eigenvalue weighted by atomic mass is 79.9. The third kappa shape index (κ3) is 3.89. The van der Waals surface area contributed by atoms with Crippen molar-refractivity contribution in [3.8, 4) is 11.6 Å². The van der Waals surface area contributed by atoms with Crippen LogP contribution in [0.1, 0.15) is 16.8 Å². The number of likely N-dealkylation sites (N-methyl/N-ethyl adjacent to an activating group) is 1. The van der Waals surface area contributed by atoms with E-state index in [1.54, 1.807) is 23.2 Å². The molecule has 5 nitrogen and oxygen atoms in total. The second-order valence-corrected chi connectivity index (χ2v) is 6.42. The van der Waals surface area contributed by atoms with E-state index in [0.717, 1.165) is 24.0 Å². The molecule has 1 aromatic carbocycles. The molecule has 1 N–H and O–H groups in total. The van der Waals surface area contributed by atoms with Crippen molar-refractivity contribution in [2.24, 2.45) is 0 Å². The first-order chi connectivity index (χ1) is 11.1. The maximum absolute atomic E-state index is 12.5. The molecule has 120 valence electrons. The molecule has 0 bridgehead atoms. The molecule has 3 rings (SSSR count). The molecule has 2 aromatic rings. The number of nitrogens with one attached hydrogen (secondary N) is 1. The third-order valence-electron chi connectivity index (χ3n) is 3.92. The van der Waals surface area contributed by atoms with E-state index in [4.69, 9.17) is 4.74 Å². The van der Waals surface area contributed by atoms with Gasteiger partial charge >= 0.3 is 0 Å². The summed E-state index contributed by atoms with van der Waals surface area (Å²) in [5.74, 6) is 1.16. The Balaban J connectivity index is 1.66. The van der Waals surface area contributed by atoms with Gasteiger partial charge in [0, 0.05) is 36.4 Å². The van der Waals surface area contributed by atoms with Gasteiger partial charge in [-0.15, -0.1) is 0 Å². The van der Waals surface area contributed by atoms with E-state index in [0.29, 0.717) is 17.2 Å². The predicted molar refractivity (Wildman–Crippen MR) is 91.8 cm³/mol. The highest BCUT2D eigenvalue weighted by molar-refractivity contribution is 9.10. The summed E-state index contributed by atoms with van der Waals surface area (Å²) in [7, 11) is 1.84. The van der Waals surface area contributed by atoms with Crippen molar-refractivity contribution in [3.05, 3.63) is 52.6 Å². The van der Waals surface area contributed by atoms with Crippen LogP contribution >= 0.6 is 15.9 Å². The number of aromatic nitrogens is 1. The van der Waals surface area contributed by atoms with Gasteiger partial charge < -0.3 is 15.0 Å². The van der Waals surface area contributed by atoms with Crippen LogP contribution in [0.5, 0.6) is 11.6 Å². The molecule has 1 aromatic heterocycles. The summed E-state index contributed by atoms with van der Waals surface area (Å²) >= 11 is 3.38. The lowest BCUT2D eigenvalue weighted by Crippen LogP contribution is -2.38. The van der Waals surface area contributed by atoms with Crippen LogP contribution in [0.3, 0.4) is 0 Å². The molecule has 0 saturated carbocycles. The zero-order chi connectivity index (χ0) is 16.2. The quantitative estimate of drug-likeness (QED) is 0.891. The summed E-state index contributed by atoms with van der Waals surface area (Å²) in [5, 5.41) is 3.27. The molecule has 1 fully saturated rings. The largest absolute Gasteiger partial charge is 0.439 e. The van der Waals surface area contributed by atoms with Crippen LogP contribution in [-0.4, -0.2) is 42.0 Å². The normalized spacial score (nSPS) is 17.0. The first kappa shape index (κ1) is 16.0. The minimum Gasteiger partial charge on any atom is -0.439 e. The summed E-state index contributed by atoms with van der Waals surface area (Å²) < 4.78 is 6.65. The van der Waals surface area contributed by atoms with Crippen LogP contribution in [-0.2, 0) is 0 Å². The van der Waals surface area contributed by atoms with Gasteiger partial charge in [0.2, 0.25) is 5.88 Å². The molecule has 0 aliphatic carbocycles. The van der Waals surface area contributed by atoms with E-state index in [2.05, 4.69) is 26.2 Å². The molecular weight excluding hydrogens is 358 g/mol. The van der Waals surface area contributed by atoms with Gasteiger partial charge in [0.1, 0.15) is 5.75 Å². The van der Waals surface area contributed by atoms with Gasteiger partial charge in [-0.25, -0.2) is 4.98 Å². The van der Waals surface area contributed by atoms with E-state index < -0.39 is 0 Å². The van der Waals surface area contributed by atoms with Crippen LogP contribution in [0.25, 0.3) is 0 Å². The Morgan fingerprint density at radius 1 is 1.30 bits per heavy atom. The number of carbonyl (C=O) groups excluding carboxylic acids is 1. The summed E-state index contributed by atoms with van der Waals surface area (Å²) in [6.45, 7) is 1.81. The molecule has 1 atom stereocenters. The molecular formula is C17H18BrN3O2. The Kier molecular flexibility index (Phi) is 4.93. The van der Waals surface area contributed by atoms with E-state index >= 15 is 0 Å². The van der Waals surface area contributed by atoms with Crippen LogP contribution in [0.2, 0.25) is 0 Å². The molecule has 2 heterocycles. The monoisotopic (exact) mass is 375 g/mol. The molecule has 1 unspecified atom stereocenters. The topological polar surface area (TPSA) is 54.5 Å². The maximum atomic E-state index is 12.5. The Morgan fingerprint density at radius 3 is 2.70 bits per heavy atom. The van der Waals surface area contributed by atoms with Gasteiger partial charge in [-0.05, 0) is 43.3 Å². The molecule has 23 heavy (non-hydrogen) atoms. The zero-order valence-corrected chi connectivity index (χ0v) is 14.4. The van der Waals surface area contributed by atoms with Crippen molar-refractivity contribution < 1.29 is 9.53 Å². The summed E-state index contributed by atoms with van der Waals surface area (Å²) in [6.07, 6.45) is 2.55. The molecule has 0 radical (unpaired) electrons. The number of amides is 1. The first-order valence-corrected chi connectivity index (χ1v) is 8.30. The minimum atomic E-state index is -0.0126. The molecule has 1 amide bonds. The van der Waals surface area contributed by atoms with Gasteiger partial charge in [-0.3, -0.25) is 4.79 Å². The number of hydrogen-bond acceptors (Lipinski definition) is 4. The molecule has 1 aliphatic rings. The van der Waals surface area contributed by atoms with Crippen molar-refractivity contribution in [2.75, 3.05) is 20.1 Å². The predicted octanol–water partition coefficient (Wildman–Crippen LogP) is 3.07. The lowest BCUT2D eigenvalue weighted by Gasteiger charge is -2.23. The van der Waals surface area contributed by atoms with E-state index in [-0.39, 0.29) is 11.9 Å². The summed E-state index contributed by atoms with van der Waals surface area (Å²) in [5.41, 5.74) is 0.572. The number of ether oxygens (including phenoxy) is 1. The van der Waals surface area contributed by atoms with Gasteiger partial charge in [0.05, 0.1) is 5.56 Å². The van der Waals surface area contributed by atoms with Gasteiger partial charge in [-0.1, -0.05) is 15.9 Å². The van der Waals surface area contributed by atoms with Crippen LogP contribution < -0.4 is 10.1 Å². The number of halogens is 1. The first-order valence-electron chi connectivity index (χ1n) is 7.51. The number of hydrogen-bond donors (Lipinski definition) is 1. The summed E-state index contributed by atoms with van der Waals surface area (Å²) in [4.78, 5) is 18.5. The molecule has 1 saturated heterocycles. The fourth-order valence-electron chi connectivity index (χ4n) is 2.53.